The number of hydrogen-bond donors (Lipinski definition) is 1. The monoisotopic (exact) mass is 455 g/mol. The summed E-state index contributed by atoms with van der Waals surface area (Å²) in [7, 11) is 1.62. The average molecular weight is 456 g/mol. The third kappa shape index (κ3) is 3.81. The number of nitrogens with two attached hydrogens (primary N) is 1. The van der Waals surface area contributed by atoms with Crippen molar-refractivity contribution in [2.75, 3.05) is 12.8 Å². The van der Waals surface area contributed by atoms with Gasteiger partial charge in [-0.15, -0.1) is 0 Å². The molecule has 33 heavy (non-hydrogen) atoms. The summed E-state index contributed by atoms with van der Waals surface area (Å²) < 4.78 is 11.2. The van der Waals surface area contributed by atoms with Gasteiger partial charge in [0, 0.05) is 39.7 Å². The largest absolute Gasteiger partial charge is 0.497 e. The minimum absolute atomic E-state index is 0.0387. The zero-order valence-electron chi connectivity index (χ0n) is 17.6. The molecule has 162 valence electrons. The highest BCUT2D eigenvalue weighted by Crippen LogP contribution is 2.39. The Morgan fingerprint density at radius 2 is 1.79 bits per heavy atom. The maximum Gasteiger partial charge on any atom is 0.230 e. The normalized spacial score (nSPS) is 11.0. The average Bonchev–Trinajstić information content (AvgIpc) is 3.20. The van der Waals surface area contributed by atoms with Gasteiger partial charge in [-0.1, -0.05) is 17.7 Å². The van der Waals surface area contributed by atoms with Crippen LogP contribution in [-0.4, -0.2) is 22.9 Å². The molecule has 0 fully saturated rings. The molecule has 7 heteroatoms. The van der Waals surface area contributed by atoms with Crippen molar-refractivity contribution in [2.45, 2.75) is 0 Å². The first kappa shape index (κ1) is 20.7. The molecule has 0 radical (unpaired) electrons. The summed E-state index contributed by atoms with van der Waals surface area (Å²) in [6, 6.07) is 19.8. The van der Waals surface area contributed by atoms with Crippen molar-refractivity contribution in [1.82, 2.24) is 9.97 Å². The van der Waals surface area contributed by atoms with E-state index in [0.717, 1.165) is 22.4 Å². The van der Waals surface area contributed by atoms with E-state index >= 15 is 0 Å². The number of benzene rings is 2. The number of pyridine rings is 2. The lowest BCUT2D eigenvalue weighted by Gasteiger charge is -2.08. The molecule has 2 N–H and O–H groups in total. The molecule has 0 aliphatic carbocycles. The molecular weight excluding hydrogens is 438 g/mol. The number of carbonyl (C=O) groups excluding carboxylic acids is 1. The second-order valence-electron chi connectivity index (χ2n) is 7.39. The van der Waals surface area contributed by atoms with Crippen molar-refractivity contribution < 1.29 is 13.9 Å². The Balaban J connectivity index is 1.72. The Morgan fingerprint density at radius 1 is 1.03 bits per heavy atom. The summed E-state index contributed by atoms with van der Waals surface area (Å²) in [6.07, 6.45) is 3.43. The van der Waals surface area contributed by atoms with E-state index in [4.69, 9.17) is 26.5 Å². The number of methoxy groups -OCH3 is 1. The van der Waals surface area contributed by atoms with Crippen LogP contribution in [0.15, 0.2) is 83.5 Å². The third-order valence-corrected chi connectivity index (χ3v) is 5.62. The van der Waals surface area contributed by atoms with E-state index in [1.54, 1.807) is 43.8 Å². The van der Waals surface area contributed by atoms with E-state index in [1.165, 1.54) is 0 Å². The molecule has 3 aromatic heterocycles. The van der Waals surface area contributed by atoms with Crippen LogP contribution in [0, 0.1) is 0 Å². The van der Waals surface area contributed by atoms with Crippen LogP contribution in [0.2, 0.25) is 5.02 Å². The fourth-order valence-corrected chi connectivity index (χ4v) is 3.81. The van der Waals surface area contributed by atoms with Crippen molar-refractivity contribution in [3.8, 4) is 28.1 Å². The second kappa shape index (κ2) is 8.41. The number of furan rings is 1. The van der Waals surface area contributed by atoms with Crippen molar-refractivity contribution in [3.05, 3.63) is 95.5 Å². The molecule has 0 amide bonds. The number of aromatic nitrogens is 2. The molecule has 0 aliphatic rings. The van der Waals surface area contributed by atoms with E-state index in [0.29, 0.717) is 21.7 Å². The number of anilines is 1. The zero-order chi connectivity index (χ0) is 22.9. The van der Waals surface area contributed by atoms with Crippen LogP contribution in [0.1, 0.15) is 16.1 Å². The van der Waals surface area contributed by atoms with Crippen LogP contribution in [0.25, 0.3) is 33.5 Å². The van der Waals surface area contributed by atoms with Crippen molar-refractivity contribution in [3.63, 3.8) is 0 Å². The van der Waals surface area contributed by atoms with Gasteiger partial charge in [-0.3, -0.25) is 9.78 Å². The van der Waals surface area contributed by atoms with Crippen LogP contribution in [-0.2, 0) is 0 Å². The molecular formula is C26H18ClN3O3. The number of nitrogens with zero attached hydrogens (tertiary/aromatic N) is 2. The fourth-order valence-electron chi connectivity index (χ4n) is 3.68. The van der Waals surface area contributed by atoms with Crippen molar-refractivity contribution >= 4 is 34.2 Å². The summed E-state index contributed by atoms with van der Waals surface area (Å²) in [4.78, 5) is 22.1. The first-order chi connectivity index (χ1) is 16.0. The van der Waals surface area contributed by atoms with Crippen molar-refractivity contribution in [1.29, 1.82) is 0 Å². The number of ether oxygens (including phenoxy) is 1. The topological polar surface area (TPSA) is 91.2 Å². The third-order valence-electron chi connectivity index (χ3n) is 5.37. The van der Waals surface area contributed by atoms with E-state index in [9.17, 15) is 4.79 Å². The van der Waals surface area contributed by atoms with Crippen LogP contribution in [0.3, 0.4) is 0 Å². The lowest BCUT2D eigenvalue weighted by molar-refractivity contribution is 0.101. The Hall–Kier alpha value is -4.16. The van der Waals surface area contributed by atoms with Gasteiger partial charge in [0.1, 0.15) is 5.75 Å². The lowest BCUT2D eigenvalue weighted by atomic mass is 10.00. The highest BCUT2D eigenvalue weighted by atomic mass is 35.5. The molecule has 0 saturated heterocycles. The van der Waals surface area contributed by atoms with Gasteiger partial charge < -0.3 is 14.9 Å². The quantitative estimate of drug-likeness (QED) is 0.325. The molecule has 0 bridgehead atoms. The molecule has 0 atom stereocenters. The second-order valence-corrected chi connectivity index (χ2v) is 7.82. The molecule has 5 aromatic rings. The van der Waals surface area contributed by atoms with E-state index in [2.05, 4.69) is 9.97 Å². The summed E-state index contributed by atoms with van der Waals surface area (Å²) in [5.41, 5.74) is 10.5. The van der Waals surface area contributed by atoms with Crippen LogP contribution in [0.4, 0.5) is 5.69 Å². The number of fused-ring (bicyclic) bond motifs is 1. The number of halogens is 1. The number of hydrogen-bond acceptors (Lipinski definition) is 6. The molecule has 2 aromatic carbocycles. The van der Waals surface area contributed by atoms with E-state index < -0.39 is 0 Å². The summed E-state index contributed by atoms with van der Waals surface area (Å²) in [5, 5.41) is 1.10. The SMILES string of the molecule is COc1ccc(-c2cc(-c3cccnc3)c3c(N)c(C(=O)c4ccc(Cl)cc4)oc3n2)cc1. The highest BCUT2D eigenvalue weighted by molar-refractivity contribution is 6.30. The van der Waals surface area contributed by atoms with Gasteiger partial charge in [0.25, 0.3) is 0 Å². The van der Waals surface area contributed by atoms with Crippen molar-refractivity contribution in [2.24, 2.45) is 0 Å². The van der Waals surface area contributed by atoms with Crippen LogP contribution >= 0.6 is 11.6 Å². The first-order valence-corrected chi connectivity index (χ1v) is 10.5. The van der Waals surface area contributed by atoms with Crippen LogP contribution in [0.5, 0.6) is 5.75 Å². The fraction of sp³-hybridized carbons (Fsp3) is 0.0385. The van der Waals surface area contributed by atoms with Gasteiger partial charge in [0.05, 0.1) is 23.9 Å². The van der Waals surface area contributed by atoms with E-state index in [1.807, 2.05) is 42.5 Å². The minimum atomic E-state index is -0.342. The van der Waals surface area contributed by atoms with Gasteiger partial charge in [0.2, 0.25) is 17.3 Å². The Labute approximate surface area is 194 Å². The van der Waals surface area contributed by atoms with Gasteiger partial charge in [-0.05, 0) is 60.7 Å². The van der Waals surface area contributed by atoms with Gasteiger partial charge in [-0.25, -0.2) is 4.98 Å². The minimum Gasteiger partial charge on any atom is -0.497 e. The number of carbonyl (C=O) groups is 1. The van der Waals surface area contributed by atoms with Crippen LogP contribution < -0.4 is 10.5 Å². The summed E-state index contributed by atoms with van der Waals surface area (Å²) >= 11 is 5.96. The zero-order valence-corrected chi connectivity index (χ0v) is 18.3. The first-order valence-electron chi connectivity index (χ1n) is 10.1. The smallest absolute Gasteiger partial charge is 0.230 e. The predicted octanol–water partition coefficient (Wildman–Crippen LogP) is 6.03. The molecule has 6 nitrogen and oxygen atoms in total. The predicted molar refractivity (Wildman–Crippen MR) is 129 cm³/mol. The number of nitrogen functional groups attached to an aromatic ring is 1. The molecule has 5 rings (SSSR count). The Kier molecular flexibility index (Phi) is 5.28. The van der Waals surface area contributed by atoms with Gasteiger partial charge in [0.15, 0.2) is 0 Å². The Morgan fingerprint density at radius 3 is 2.45 bits per heavy atom. The standard InChI is InChI=1S/C26H18ClN3O3/c1-32-19-10-6-15(7-11-19)21-13-20(17-3-2-12-29-14-17)22-23(28)25(33-26(22)30-21)24(31)16-4-8-18(27)9-5-16/h2-14H,28H2,1H3. The van der Waals surface area contributed by atoms with Gasteiger partial charge in [-0.2, -0.15) is 0 Å². The molecule has 0 saturated carbocycles. The Bertz CT molecular complexity index is 1460. The molecule has 0 unspecified atom stereocenters. The maximum atomic E-state index is 13.2. The number of ketones is 1. The van der Waals surface area contributed by atoms with Gasteiger partial charge >= 0.3 is 0 Å². The molecule has 0 spiro atoms. The lowest BCUT2D eigenvalue weighted by Crippen LogP contribution is -2.02. The molecule has 0 aliphatic heterocycles. The summed E-state index contributed by atoms with van der Waals surface area (Å²) in [5.74, 6) is 0.438. The number of rotatable bonds is 5. The maximum absolute atomic E-state index is 13.2. The summed E-state index contributed by atoms with van der Waals surface area (Å²) in [6.45, 7) is 0. The molecule has 3 heterocycles. The van der Waals surface area contributed by atoms with E-state index in [-0.39, 0.29) is 22.9 Å². The highest BCUT2D eigenvalue weighted by Gasteiger charge is 2.24.